The monoisotopic (exact) mass is 134 g/mol. The number of hydrogen-bond donors (Lipinski definition) is 1. The van der Waals surface area contributed by atoms with Crippen LogP contribution in [0.5, 0.6) is 0 Å². The van der Waals surface area contributed by atoms with Gasteiger partial charge in [0.25, 0.3) is 0 Å². The van der Waals surface area contributed by atoms with Gasteiger partial charge < -0.3 is 5.32 Å². The highest BCUT2D eigenvalue weighted by atomic mass is 31.1. The summed E-state index contributed by atoms with van der Waals surface area (Å²) in [6.07, 6.45) is 0. The van der Waals surface area contributed by atoms with E-state index in [1.165, 1.54) is 0 Å². The first kappa shape index (κ1) is 8.35. The number of nitrogens with zero attached hydrogens (tertiary/aromatic N) is 1. The molecule has 0 aromatic heterocycles. The molecule has 8 heavy (non-hydrogen) atoms. The maximum atomic E-state index is 3.23. The second-order valence-corrected chi connectivity index (χ2v) is 2.89. The van der Waals surface area contributed by atoms with Gasteiger partial charge in [0.1, 0.15) is 0 Å². The van der Waals surface area contributed by atoms with Gasteiger partial charge in [0.15, 0.2) is 0 Å². The Morgan fingerprint density at radius 3 is 2.62 bits per heavy atom. The first-order valence-corrected chi connectivity index (χ1v) is 4.35. The van der Waals surface area contributed by atoms with E-state index in [0.29, 0.717) is 0 Å². The van der Waals surface area contributed by atoms with Gasteiger partial charge in [-0.05, 0) is 20.3 Å². The minimum atomic E-state index is 0.912. The van der Waals surface area contributed by atoms with Gasteiger partial charge in [-0.1, -0.05) is 15.7 Å². The third-order valence-corrected chi connectivity index (χ3v) is 1.90. The molecule has 0 amide bonds. The Morgan fingerprint density at radius 2 is 2.25 bits per heavy atom. The molecule has 0 heterocycles. The molecule has 50 valence electrons. The summed E-state index contributed by atoms with van der Waals surface area (Å²) in [6, 6.07) is 0. The van der Waals surface area contributed by atoms with Crippen molar-refractivity contribution in [1.29, 1.82) is 0 Å². The fourth-order valence-electron chi connectivity index (χ4n) is 0.359. The summed E-state index contributed by atoms with van der Waals surface area (Å²) in [5, 5.41) is 3.23. The van der Waals surface area contributed by atoms with Crippen LogP contribution in [0.1, 0.15) is 6.92 Å². The van der Waals surface area contributed by atoms with Gasteiger partial charge in [-0.2, -0.15) is 0 Å². The lowest BCUT2D eigenvalue weighted by atomic mass is 10.7. The molecule has 0 saturated carbocycles. The zero-order valence-electron chi connectivity index (χ0n) is 5.86. The summed E-state index contributed by atoms with van der Waals surface area (Å²) in [5.41, 5.74) is 0. The Kier molecular flexibility index (Phi) is 5.73. The quantitative estimate of drug-likeness (QED) is 0.450. The van der Waals surface area contributed by atoms with Crippen molar-refractivity contribution in [3.05, 3.63) is 0 Å². The van der Waals surface area contributed by atoms with Gasteiger partial charge >= 0.3 is 0 Å². The van der Waals surface area contributed by atoms with Crippen molar-refractivity contribution in [2.75, 3.05) is 26.9 Å². The van der Waals surface area contributed by atoms with E-state index in [1.54, 1.807) is 0 Å². The minimum Gasteiger partial charge on any atom is -0.304 e. The van der Waals surface area contributed by atoms with E-state index in [2.05, 4.69) is 30.6 Å². The summed E-state index contributed by atoms with van der Waals surface area (Å²) < 4.78 is 2.25. The smallest absolute Gasteiger partial charge is 0.0511 e. The topological polar surface area (TPSA) is 15.3 Å². The zero-order chi connectivity index (χ0) is 6.41. The molecule has 1 N–H and O–H groups in total. The van der Waals surface area contributed by atoms with E-state index >= 15 is 0 Å². The molecule has 0 rings (SSSR count). The first-order chi connectivity index (χ1) is 3.81. The molecular weight excluding hydrogens is 119 g/mol. The second kappa shape index (κ2) is 5.49. The maximum Gasteiger partial charge on any atom is 0.0511 e. The van der Waals surface area contributed by atoms with Crippen molar-refractivity contribution in [3.8, 4) is 0 Å². The molecule has 0 radical (unpaired) electrons. The Morgan fingerprint density at radius 1 is 1.62 bits per heavy atom. The van der Waals surface area contributed by atoms with Crippen molar-refractivity contribution in [1.82, 2.24) is 9.99 Å². The maximum absolute atomic E-state index is 3.23. The third-order valence-electron chi connectivity index (χ3n) is 0.981. The van der Waals surface area contributed by atoms with Crippen molar-refractivity contribution < 1.29 is 0 Å². The number of rotatable bonds is 4. The van der Waals surface area contributed by atoms with E-state index in [-0.39, 0.29) is 0 Å². The molecule has 0 aliphatic carbocycles. The van der Waals surface area contributed by atoms with Gasteiger partial charge in [-0.15, -0.1) is 0 Å². The lowest BCUT2D eigenvalue weighted by molar-refractivity contribution is 0.495. The van der Waals surface area contributed by atoms with Crippen molar-refractivity contribution in [2.24, 2.45) is 0 Å². The van der Waals surface area contributed by atoms with Crippen molar-refractivity contribution in [3.63, 3.8) is 0 Å². The molecule has 0 aromatic carbocycles. The number of hydrogen-bond acceptors (Lipinski definition) is 2. The fraction of sp³-hybridized carbons (Fsp3) is 1.00. The lowest BCUT2D eigenvalue weighted by Gasteiger charge is -2.12. The van der Waals surface area contributed by atoms with Crippen LogP contribution in [0.3, 0.4) is 0 Å². The van der Waals surface area contributed by atoms with Crippen LogP contribution in [0, 0.1) is 0 Å². The van der Waals surface area contributed by atoms with Crippen LogP contribution in [-0.2, 0) is 0 Å². The lowest BCUT2D eigenvalue weighted by Crippen LogP contribution is -2.24. The van der Waals surface area contributed by atoms with Gasteiger partial charge in [0, 0.05) is 0 Å². The van der Waals surface area contributed by atoms with Crippen molar-refractivity contribution >= 4 is 8.73 Å². The Labute approximate surface area is 53.5 Å². The molecule has 0 bridgehead atoms. The zero-order valence-corrected chi connectivity index (χ0v) is 6.86. The van der Waals surface area contributed by atoms with Crippen LogP contribution in [-0.4, -0.2) is 31.6 Å². The van der Waals surface area contributed by atoms with Crippen LogP contribution in [0.15, 0.2) is 0 Å². The summed E-state index contributed by atoms with van der Waals surface area (Å²) in [7, 11) is 3.02. The minimum absolute atomic E-state index is 0.912. The van der Waals surface area contributed by atoms with Crippen LogP contribution in [0.4, 0.5) is 0 Å². The molecule has 0 aliphatic heterocycles. The van der Waals surface area contributed by atoms with Crippen LogP contribution in [0.2, 0.25) is 0 Å². The van der Waals surface area contributed by atoms with Crippen LogP contribution in [0.25, 0.3) is 0 Å². The van der Waals surface area contributed by atoms with Gasteiger partial charge in [-0.3, -0.25) is 4.67 Å². The predicted molar refractivity (Wildman–Crippen MR) is 40.5 cm³/mol. The fourth-order valence-corrected chi connectivity index (χ4v) is 0.628. The van der Waals surface area contributed by atoms with E-state index in [1.807, 2.05) is 0 Å². The molecule has 0 spiro atoms. The Balaban J connectivity index is 2.86. The largest absolute Gasteiger partial charge is 0.304 e. The van der Waals surface area contributed by atoms with E-state index in [9.17, 15) is 0 Å². The van der Waals surface area contributed by atoms with E-state index < -0.39 is 0 Å². The Hall–Kier alpha value is 0.350. The highest BCUT2D eigenvalue weighted by molar-refractivity contribution is 7.34. The molecule has 0 aliphatic rings. The van der Waals surface area contributed by atoms with Gasteiger partial charge in [0.2, 0.25) is 0 Å². The Bertz CT molecular complexity index is 49.7. The average molecular weight is 134 g/mol. The average Bonchev–Trinajstić information content (AvgIpc) is 1.83. The molecule has 3 heteroatoms. The molecule has 0 aromatic rings. The SMILES string of the molecule is CCNCN(C)PC. The first-order valence-electron chi connectivity index (χ1n) is 2.90. The van der Waals surface area contributed by atoms with Gasteiger partial charge in [-0.25, -0.2) is 0 Å². The standard InChI is InChI=1S/C5H15N2P/c1-4-6-5-7(2)8-3/h6,8H,4-5H2,1-3H3. The summed E-state index contributed by atoms with van der Waals surface area (Å²) in [4.78, 5) is 0. The van der Waals surface area contributed by atoms with E-state index in [0.717, 1.165) is 21.9 Å². The summed E-state index contributed by atoms with van der Waals surface area (Å²) >= 11 is 0. The number of nitrogens with one attached hydrogen (secondary N) is 1. The van der Waals surface area contributed by atoms with Crippen LogP contribution >= 0.6 is 8.73 Å². The second-order valence-electron chi connectivity index (χ2n) is 1.68. The summed E-state index contributed by atoms with van der Waals surface area (Å²) in [6.45, 7) is 6.38. The van der Waals surface area contributed by atoms with Gasteiger partial charge in [0.05, 0.1) is 6.67 Å². The van der Waals surface area contributed by atoms with E-state index in [4.69, 9.17) is 0 Å². The molecule has 1 unspecified atom stereocenters. The molecule has 2 nitrogen and oxygen atoms in total. The molecular formula is C5H15N2P. The molecule has 1 atom stereocenters. The normalized spacial score (nSPS) is 12.0. The molecule has 0 saturated heterocycles. The predicted octanol–water partition coefficient (Wildman–Crippen LogP) is 0.708. The third kappa shape index (κ3) is 4.51. The van der Waals surface area contributed by atoms with Crippen molar-refractivity contribution in [2.45, 2.75) is 6.92 Å². The highest BCUT2D eigenvalue weighted by Gasteiger charge is 1.87. The summed E-state index contributed by atoms with van der Waals surface area (Å²) in [5.74, 6) is 0. The highest BCUT2D eigenvalue weighted by Crippen LogP contribution is 2.05. The molecule has 0 fully saturated rings. The van der Waals surface area contributed by atoms with Crippen LogP contribution < -0.4 is 5.32 Å².